The lowest BCUT2D eigenvalue weighted by molar-refractivity contribution is -0.111. The molecule has 186 valence electrons. The number of hydrogen-bond acceptors (Lipinski definition) is 5. The fraction of sp³-hybridized carbons (Fsp3) is 0.250. The van der Waals surface area contributed by atoms with E-state index in [0.29, 0.717) is 17.0 Å². The quantitative estimate of drug-likeness (QED) is 0.262. The number of amides is 1. The maximum absolute atomic E-state index is 12.7. The lowest BCUT2D eigenvalue weighted by Gasteiger charge is -2.22. The van der Waals surface area contributed by atoms with Crippen molar-refractivity contribution in [2.24, 2.45) is 0 Å². The maximum Gasteiger partial charge on any atom is 0.248 e. The minimum absolute atomic E-state index is 0.241. The Kier molecular flexibility index (Phi) is 7.74. The lowest BCUT2D eigenvalue weighted by atomic mass is 10.1. The Morgan fingerprint density at radius 3 is 2.42 bits per heavy atom. The van der Waals surface area contributed by atoms with Gasteiger partial charge in [0.15, 0.2) is 0 Å². The van der Waals surface area contributed by atoms with Crippen LogP contribution in [0.15, 0.2) is 59.1 Å². The number of fused-ring (bicyclic) bond motifs is 1. The number of ether oxygens (including phenoxy) is 1. The van der Waals surface area contributed by atoms with Gasteiger partial charge in [0.2, 0.25) is 5.91 Å². The number of hydrogen-bond donors (Lipinski definition) is 1. The summed E-state index contributed by atoms with van der Waals surface area (Å²) in [4.78, 5) is 16.6. The molecule has 0 bridgehead atoms. The number of methoxy groups -OCH3 is 1. The van der Waals surface area contributed by atoms with E-state index >= 15 is 0 Å². The average molecular weight is 548 g/mol. The molecule has 0 saturated carbocycles. The average Bonchev–Trinajstić information content (AvgIpc) is 3.26. The standard InChI is InChI=1S/C28H30BrN5O2/c1-6-33(7-2)22-10-11-26(19(4)14-22)34-31-24-15-18(3)23(17-25(24)32-34)30-28(35)13-8-20-16-21(29)9-12-27(20)36-5/h8-17H,6-7H2,1-5H3,(H,30,35)/b13-8+. The first kappa shape index (κ1) is 25.4. The SMILES string of the molecule is CCN(CC)c1ccc(-n2nc3cc(C)c(NC(=O)/C=C/c4cc(Br)ccc4OC)cc3n2)c(C)c1. The van der Waals surface area contributed by atoms with Gasteiger partial charge in [0.25, 0.3) is 0 Å². The number of nitrogens with zero attached hydrogens (tertiary/aromatic N) is 4. The highest BCUT2D eigenvalue weighted by Crippen LogP contribution is 2.26. The third-order valence-electron chi connectivity index (χ3n) is 6.11. The summed E-state index contributed by atoms with van der Waals surface area (Å²) in [7, 11) is 1.60. The van der Waals surface area contributed by atoms with E-state index in [1.54, 1.807) is 18.0 Å². The minimum atomic E-state index is -0.241. The first-order chi connectivity index (χ1) is 17.3. The highest BCUT2D eigenvalue weighted by molar-refractivity contribution is 9.10. The zero-order valence-electron chi connectivity index (χ0n) is 21.2. The Labute approximate surface area is 219 Å². The van der Waals surface area contributed by atoms with E-state index in [4.69, 9.17) is 9.84 Å². The molecule has 0 fully saturated rings. The van der Waals surface area contributed by atoms with Crippen molar-refractivity contribution in [3.63, 3.8) is 0 Å². The van der Waals surface area contributed by atoms with Crippen LogP contribution in [0.25, 0.3) is 22.8 Å². The monoisotopic (exact) mass is 547 g/mol. The number of carbonyl (C=O) groups excluding carboxylic acids is 1. The molecular weight excluding hydrogens is 518 g/mol. The Hall–Kier alpha value is -3.65. The highest BCUT2D eigenvalue weighted by atomic mass is 79.9. The van der Waals surface area contributed by atoms with Gasteiger partial charge in [-0.05, 0) is 93.4 Å². The molecule has 0 aliphatic heterocycles. The molecule has 0 radical (unpaired) electrons. The van der Waals surface area contributed by atoms with Crippen LogP contribution >= 0.6 is 15.9 Å². The number of nitrogens with one attached hydrogen (secondary N) is 1. The zero-order chi connectivity index (χ0) is 25.8. The van der Waals surface area contributed by atoms with Gasteiger partial charge in [0, 0.05) is 40.6 Å². The van der Waals surface area contributed by atoms with Crippen LogP contribution in [0.2, 0.25) is 0 Å². The van der Waals surface area contributed by atoms with Crippen molar-refractivity contribution in [2.45, 2.75) is 27.7 Å². The molecule has 4 rings (SSSR count). The summed E-state index contributed by atoms with van der Waals surface area (Å²) in [6.45, 7) is 10.2. The third-order valence-corrected chi connectivity index (χ3v) is 6.61. The second-order valence-corrected chi connectivity index (χ2v) is 9.41. The number of aromatic nitrogens is 3. The van der Waals surface area contributed by atoms with Gasteiger partial charge < -0.3 is 15.0 Å². The van der Waals surface area contributed by atoms with Gasteiger partial charge in [0.05, 0.1) is 12.8 Å². The molecule has 7 nitrogen and oxygen atoms in total. The van der Waals surface area contributed by atoms with Crippen LogP contribution in [0.1, 0.15) is 30.5 Å². The molecule has 1 amide bonds. The van der Waals surface area contributed by atoms with Crippen LogP contribution in [-0.2, 0) is 4.79 Å². The molecule has 0 atom stereocenters. The van der Waals surface area contributed by atoms with E-state index < -0.39 is 0 Å². The van der Waals surface area contributed by atoms with Crippen LogP contribution in [-0.4, -0.2) is 41.1 Å². The summed E-state index contributed by atoms with van der Waals surface area (Å²) >= 11 is 3.45. The zero-order valence-corrected chi connectivity index (χ0v) is 22.8. The summed E-state index contributed by atoms with van der Waals surface area (Å²) in [6, 6.07) is 15.8. The van der Waals surface area contributed by atoms with E-state index in [1.165, 1.54) is 11.8 Å². The van der Waals surface area contributed by atoms with Gasteiger partial charge in [-0.2, -0.15) is 4.80 Å². The fourth-order valence-corrected chi connectivity index (χ4v) is 4.51. The Morgan fingerprint density at radius 2 is 1.75 bits per heavy atom. The summed E-state index contributed by atoms with van der Waals surface area (Å²) in [6.07, 6.45) is 3.22. The van der Waals surface area contributed by atoms with Gasteiger partial charge in [-0.3, -0.25) is 4.79 Å². The number of rotatable bonds is 8. The van der Waals surface area contributed by atoms with E-state index in [2.05, 4.69) is 70.2 Å². The Balaban J connectivity index is 1.57. The molecule has 0 unspecified atom stereocenters. The molecular formula is C28H30BrN5O2. The predicted octanol–water partition coefficient (Wildman–Crippen LogP) is 6.31. The van der Waals surface area contributed by atoms with Crippen molar-refractivity contribution in [1.82, 2.24) is 15.0 Å². The van der Waals surface area contributed by atoms with Crippen molar-refractivity contribution in [2.75, 3.05) is 30.4 Å². The normalized spacial score (nSPS) is 11.3. The summed E-state index contributed by atoms with van der Waals surface area (Å²) in [5, 5.41) is 12.3. The largest absolute Gasteiger partial charge is 0.496 e. The molecule has 0 saturated heterocycles. The lowest BCUT2D eigenvalue weighted by Crippen LogP contribution is -2.21. The van der Waals surface area contributed by atoms with Gasteiger partial charge in [0.1, 0.15) is 16.8 Å². The summed E-state index contributed by atoms with van der Waals surface area (Å²) in [5.41, 5.74) is 7.10. The number of halogens is 1. The van der Waals surface area contributed by atoms with Gasteiger partial charge in [-0.15, -0.1) is 10.2 Å². The summed E-state index contributed by atoms with van der Waals surface area (Å²) < 4.78 is 6.28. The molecule has 1 heterocycles. The smallest absolute Gasteiger partial charge is 0.248 e. The maximum atomic E-state index is 12.7. The van der Waals surface area contributed by atoms with E-state index in [0.717, 1.165) is 45.5 Å². The summed E-state index contributed by atoms with van der Waals surface area (Å²) in [5.74, 6) is 0.451. The molecule has 0 aliphatic rings. The van der Waals surface area contributed by atoms with Crippen molar-refractivity contribution in [1.29, 1.82) is 0 Å². The number of benzene rings is 3. The molecule has 1 aromatic heterocycles. The van der Waals surface area contributed by atoms with Crippen molar-refractivity contribution in [3.05, 3.63) is 75.8 Å². The number of carbonyl (C=O) groups is 1. The molecule has 4 aromatic rings. The first-order valence-corrected chi connectivity index (χ1v) is 12.7. The molecule has 0 aliphatic carbocycles. The van der Waals surface area contributed by atoms with Crippen molar-refractivity contribution >= 4 is 50.3 Å². The van der Waals surface area contributed by atoms with E-state index in [1.807, 2.05) is 37.3 Å². The third kappa shape index (κ3) is 5.44. The minimum Gasteiger partial charge on any atom is -0.496 e. The van der Waals surface area contributed by atoms with Crippen molar-refractivity contribution < 1.29 is 9.53 Å². The Bertz CT molecular complexity index is 1440. The van der Waals surface area contributed by atoms with Crippen LogP contribution < -0.4 is 15.0 Å². The molecule has 3 aromatic carbocycles. The van der Waals surface area contributed by atoms with Crippen LogP contribution in [0.4, 0.5) is 11.4 Å². The van der Waals surface area contributed by atoms with Crippen molar-refractivity contribution in [3.8, 4) is 11.4 Å². The molecule has 8 heteroatoms. The second-order valence-electron chi connectivity index (χ2n) is 8.50. The van der Waals surface area contributed by atoms with E-state index in [-0.39, 0.29) is 5.91 Å². The van der Waals surface area contributed by atoms with Crippen LogP contribution in [0, 0.1) is 13.8 Å². The van der Waals surface area contributed by atoms with Gasteiger partial charge in [-0.25, -0.2) is 0 Å². The first-order valence-electron chi connectivity index (χ1n) is 11.9. The predicted molar refractivity (Wildman–Crippen MR) is 150 cm³/mol. The van der Waals surface area contributed by atoms with Crippen LogP contribution in [0.3, 0.4) is 0 Å². The van der Waals surface area contributed by atoms with Gasteiger partial charge >= 0.3 is 0 Å². The fourth-order valence-electron chi connectivity index (χ4n) is 4.14. The van der Waals surface area contributed by atoms with E-state index in [9.17, 15) is 4.79 Å². The number of aryl methyl sites for hydroxylation is 2. The highest BCUT2D eigenvalue weighted by Gasteiger charge is 2.12. The van der Waals surface area contributed by atoms with Crippen LogP contribution in [0.5, 0.6) is 5.75 Å². The molecule has 1 N–H and O–H groups in total. The molecule has 36 heavy (non-hydrogen) atoms. The van der Waals surface area contributed by atoms with Gasteiger partial charge in [-0.1, -0.05) is 15.9 Å². The Morgan fingerprint density at radius 1 is 1.03 bits per heavy atom. The molecule has 0 spiro atoms. The second kappa shape index (κ2) is 11.0. The number of anilines is 2. The topological polar surface area (TPSA) is 72.3 Å².